The lowest BCUT2D eigenvalue weighted by molar-refractivity contribution is 0.105. The second-order valence-corrected chi connectivity index (χ2v) is 5.79. The number of hydrogen-bond acceptors (Lipinski definition) is 2. The average Bonchev–Trinajstić information content (AvgIpc) is 2.93. The van der Waals surface area contributed by atoms with E-state index in [9.17, 15) is 5.11 Å². The molecule has 3 heteroatoms. The molecule has 0 saturated heterocycles. The molecule has 1 saturated carbocycles. The van der Waals surface area contributed by atoms with Gasteiger partial charge < -0.3 is 14.4 Å². The van der Waals surface area contributed by atoms with Gasteiger partial charge in [-0.1, -0.05) is 0 Å². The minimum absolute atomic E-state index is 0.242. The van der Waals surface area contributed by atoms with Crippen LogP contribution in [0.3, 0.4) is 0 Å². The van der Waals surface area contributed by atoms with Crippen molar-refractivity contribution in [3.8, 4) is 0 Å². The molecule has 1 aromatic rings. The number of ether oxygens (including phenoxy) is 1. The Labute approximate surface area is 109 Å². The lowest BCUT2D eigenvalue weighted by atomic mass is 9.95. The van der Waals surface area contributed by atoms with Crippen molar-refractivity contribution < 1.29 is 9.84 Å². The fourth-order valence-electron chi connectivity index (χ4n) is 3.78. The number of aromatic nitrogens is 1. The first-order valence-electron chi connectivity index (χ1n) is 7.12. The van der Waals surface area contributed by atoms with Gasteiger partial charge in [-0.25, -0.2) is 0 Å². The summed E-state index contributed by atoms with van der Waals surface area (Å²) < 4.78 is 7.96. The molecule has 1 heterocycles. The van der Waals surface area contributed by atoms with Crippen LogP contribution in [0.1, 0.15) is 61.2 Å². The van der Waals surface area contributed by atoms with Gasteiger partial charge in [0.1, 0.15) is 0 Å². The molecular formula is C15H23NO2. The van der Waals surface area contributed by atoms with E-state index in [2.05, 4.69) is 17.6 Å². The quantitative estimate of drug-likeness (QED) is 0.874. The maximum absolute atomic E-state index is 10.1. The van der Waals surface area contributed by atoms with E-state index in [0.717, 1.165) is 32.1 Å². The topological polar surface area (TPSA) is 34.4 Å². The summed E-state index contributed by atoms with van der Waals surface area (Å²) in [5, 5.41) is 10.1. The summed E-state index contributed by atoms with van der Waals surface area (Å²) in [6.45, 7) is 2.17. The highest BCUT2D eigenvalue weighted by Gasteiger charge is 2.31. The fraction of sp³-hybridized carbons (Fsp3) is 0.733. The van der Waals surface area contributed by atoms with Gasteiger partial charge in [-0.2, -0.15) is 0 Å². The van der Waals surface area contributed by atoms with Crippen molar-refractivity contribution in [2.45, 2.75) is 63.7 Å². The third-order valence-electron chi connectivity index (χ3n) is 4.67. The van der Waals surface area contributed by atoms with E-state index < -0.39 is 0 Å². The number of aryl methyl sites for hydroxylation is 1. The van der Waals surface area contributed by atoms with Crippen LogP contribution >= 0.6 is 0 Å². The van der Waals surface area contributed by atoms with Crippen LogP contribution < -0.4 is 0 Å². The lowest BCUT2D eigenvalue weighted by Gasteiger charge is -2.24. The van der Waals surface area contributed by atoms with Gasteiger partial charge in [-0.15, -0.1) is 0 Å². The zero-order valence-corrected chi connectivity index (χ0v) is 11.4. The number of aliphatic hydroxyl groups is 1. The molecule has 0 spiro atoms. The standard InChI is InChI=1S/C15H23NO2/c1-10-8-13-14(4-3-5-15(13)17)16(10)11-6-7-12(9-11)18-2/h8,11-12,15,17H,3-7,9H2,1-2H3. The maximum atomic E-state index is 10.1. The van der Waals surface area contributed by atoms with Crippen LogP contribution in [0, 0.1) is 6.92 Å². The van der Waals surface area contributed by atoms with Gasteiger partial charge in [0.2, 0.25) is 0 Å². The van der Waals surface area contributed by atoms with Gasteiger partial charge in [0, 0.05) is 30.1 Å². The summed E-state index contributed by atoms with van der Waals surface area (Å²) in [4.78, 5) is 0. The van der Waals surface area contributed by atoms with E-state index in [1.807, 2.05) is 7.11 Å². The number of fused-ring (bicyclic) bond motifs is 1. The number of nitrogens with zero attached hydrogens (tertiary/aromatic N) is 1. The highest BCUT2D eigenvalue weighted by Crippen LogP contribution is 2.39. The van der Waals surface area contributed by atoms with Crippen LogP contribution in [0.15, 0.2) is 6.07 Å². The van der Waals surface area contributed by atoms with Gasteiger partial charge in [-0.05, 0) is 51.5 Å². The lowest BCUT2D eigenvalue weighted by Crippen LogP contribution is -2.16. The van der Waals surface area contributed by atoms with Crippen LogP contribution in [0.25, 0.3) is 0 Å². The largest absolute Gasteiger partial charge is 0.388 e. The maximum Gasteiger partial charge on any atom is 0.0807 e. The second-order valence-electron chi connectivity index (χ2n) is 5.79. The van der Waals surface area contributed by atoms with Gasteiger partial charge >= 0.3 is 0 Å². The molecule has 1 aromatic heterocycles. The molecule has 0 bridgehead atoms. The Kier molecular flexibility index (Phi) is 3.20. The molecule has 18 heavy (non-hydrogen) atoms. The summed E-state index contributed by atoms with van der Waals surface area (Å²) in [7, 11) is 1.81. The normalized spacial score (nSPS) is 31.6. The summed E-state index contributed by atoms with van der Waals surface area (Å²) in [5.74, 6) is 0. The third-order valence-corrected chi connectivity index (χ3v) is 4.67. The van der Waals surface area contributed by atoms with Crippen LogP contribution in [-0.2, 0) is 11.2 Å². The Morgan fingerprint density at radius 1 is 1.33 bits per heavy atom. The molecule has 0 aliphatic heterocycles. The van der Waals surface area contributed by atoms with Crippen molar-refractivity contribution in [2.75, 3.05) is 7.11 Å². The molecule has 1 N–H and O–H groups in total. The van der Waals surface area contributed by atoms with E-state index in [4.69, 9.17) is 4.74 Å². The Balaban J connectivity index is 1.93. The van der Waals surface area contributed by atoms with E-state index >= 15 is 0 Å². The molecule has 3 nitrogen and oxygen atoms in total. The van der Waals surface area contributed by atoms with Crippen molar-refractivity contribution in [2.24, 2.45) is 0 Å². The monoisotopic (exact) mass is 249 g/mol. The minimum atomic E-state index is -0.242. The van der Waals surface area contributed by atoms with E-state index in [1.54, 1.807) is 0 Å². The average molecular weight is 249 g/mol. The Hall–Kier alpha value is -0.800. The van der Waals surface area contributed by atoms with Crippen molar-refractivity contribution in [1.29, 1.82) is 0 Å². The molecule has 2 aliphatic rings. The molecule has 1 fully saturated rings. The minimum Gasteiger partial charge on any atom is -0.388 e. The molecule has 3 unspecified atom stereocenters. The van der Waals surface area contributed by atoms with Crippen molar-refractivity contribution >= 4 is 0 Å². The van der Waals surface area contributed by atoms with Crippen molar-refractivity contribution in [3.63, 3.8) is 0 Å². The number of rotatable bonds is 2. The van der Waals surface area contributed by atoms with Crippen LogP contribution in [0.2, 0.25) is 0 Å². The van der Waals surface area contributed by atoms with E-state index in [0.29, 0.717) is 12.1 Å². The number of hydrogen-bond donors (Lipinski definition) is 1. The first kappa shape index (κ1) is 12.2. The summed E-state index contributed by atoms with van der Waals surface area (Å²) in [6.07, 6.45) is 6.81. The third kappa shape index (κ3) is 1.90. The van der Waals surface area contributed by atoms with Crippen LogP contribution in [0.4, 0.5) is 0 Å². The molecule has 0 aromatic carbocycles. The summed E-state index contributed by atoms with van der Waals surface area (Å²) in [6, 6.07) is 2.77. The molecule has 2 aliphatic carbocycles. The van der Waals surface area contributed by atoms with E-state index in [1.165, 1.54) is 23.4 Å². The van der Waals surface area contributed by atoms with Crippen LogP contribution in [0.5, 0.6) is 0 Å². The fourth-order valence-corrected chi connectivity index (χ4v) is 3.78. The smallest absolute Gasteiger partial charge is 0.0807 e. The second kappa shape index (κ2) is 4.71. The Morgan fingerprint density at radius 3 is 2.89 bits per heavy atom. The Morgan fingerprint density at radius 2 is 2.17 bits per heavy atom. The molecule has 0 amide bonds. The van der Waals surface area contributed by atoms with Gasteiger partial charge in [0.25, 0.3) is 0 Å². The molecule has 3 atom stereocenters. The first-order valence-corrected chi connectivity index (χ1v) is 7.12. The highest BCUT2D eigenvalue weighted by molar-refractivity contribution is 5.32. The first-order chi connectivity index (χ1) is 8.70. The predicted molar refractivity (Wildman–Crippen MR) is 70.8 cm³/mol. The zero-order valence-electron chi connectivity index (χ0n) is 11.4. The van der Waals surface area contributed by atoms with Crippen LogP contribution in [-0.4, -0.2) is 22.9 Å². The number of aliphatic hydroxyl groups excluding tert-OH is 1. The Bertz CT molecular complexity index is 438. The SMILES string of the molecule is COC1CCC(n2c(C)cc3c2CCCC3O)C1. The molecule has 3 rings (SSSR count). The van der Waals surface area contributed by atoms with E-state index in [-0.39, 0.29) is 6.10 Å². The molecule has 100 valence electrons. The highest BCUT2D eigenvalue weighted by atomic mass is 16.5. The molecular weight excluding hydrogens is 226 g/mol. The van der Waals surface area contributed by atoms with Gasteiger partial charge in [0.05, 0.1) is 12.2 Å². The molecule has 0 radical (unpaired) electrons. The van der Waals surface area contributed by atoms with Gasteiger partial charge in [0.15, 0.2) is 0 Å². The predicted octanol–water partition coefficient (Wildman–Crippen LogP) is 2.91. The summed E-state index contributed by atoms with van der Waals surface area (Å²) in [5.41, 5.74) is 3.87. The zero-order chi connectivity index (χ0) is 12.7. The van der Waals surface area contributed by atoms with Gasteiger partial charge in [-0.3, -0.25) is 0 Å². The number of methoxy groups -OCH3 is 1. The van der Waals surface area contributed by atoms with Crippen molar-refractivity contribution in [1.82, 2.24) is 4.57 Å². The van der Waals surface area contributed by atoms with Crippen molar-refractivity contribution in [3.05, 3.63) is 23.0 Å². The summed E-state index contributed by atoms with van der Waals surface area (Å²) >= 11 is 0.